The van der Waals surface area contributed by atoms with Crippen molar-refractivity contribution >= 4 is 0 Å². The lowest BCUT2D eigenvalue weighted by Crippen LogP contribution is -1.83. The van der Waals surface area contributed by atoms with Crippen molar-refractivity contribution in [1.29, 1.82) is 0 Å². The molecule has 0 atom stereocenters. The molecule has 0 aliphatic carbocycles. The van der Waals surface area contributed by atoms with Crippen LogP contribution in [0.25, 0.3) is 0 Å². The molecule has 0 rings (SSSR count). The van der Waals surface area contributed by atoms with E-state index in [1.807, 2.05) is 25.2 Å². The Morgan fingerprint density at radius 3 is 2.45 bits per heavy atom. The molecule has 0 spiro atoms. The van der Waals surface area contributed by atoms with Crippen LogP contribution in [-0.2, 0) is 4.74 Å². The van der Waals surface area contributed by atoms with Crippen LogP contribution < -0.4 is 0 Å². The molecule has 0 fully saturated rings. The molecule has 0 aromatic rings. The van der Waals surface area contributed by atoms with E-state index < -0.39 is 0 Å². The molecule has 1 nitrogen and oxygen atoms in total. The molecule has 0 aliphatic heterocycles. The summed E-state index contributed by atoms with van der Waals surface area (Å²) in [6, 6.07) is 0. The molecular formula is C10H16O. The normalized spacial score (nSPS) is 13.0. The second-order valence-electron chi connectivity index (χ2n) is 2.17. The Balaban J connectivity index is 4.35. The fourth-order valence-corrected chi connectivity index (χ4v) is 0.748. The number of allylic oxidation sites excluding steroid dienone is 4. The molecule has 0 aliphatic rings. The maximum Gasteiger partial charge on any atom is 0.114 e. The van der Waals surface area contributed by atoms with Crippen molar-refractivity contribution in [2.45, 2.75) is 20.3 Å². The van der Waals surface area contributed by atoms with Crippen LogP contribution in [0.1, 0.15) is 20.3 Å². The van der Waals surface area contributed by atoms with Gasteiger partial charge in [0.05, 0.1) is 7.11 Å². The molecule has 0 N–H and O–H groups in total. The van der Waals surface area contributed by atoms with Crippen molar-refractivity contribution in [1.82, 2.24) is 0 Å². The molecule has 0 heterocycles. The number of hydrogen-bond acceptors (Lipinski definition) is 1. The molecule has 11 heavy (non-hydrogen) atoms. The molecule has 0 saturated carbocycles. The van der Waals surface area contributed by atoms with Gasteiger partial charge in [-0.05, 0) is 31.1 Å². The smallest absolute Gasteiger partial charge is 0.114 e. The maximum absolute atomic E-state index is 5.07. The summed E-state index contributed by atoms with van der Waals surface area (Å²) in [5.41, 5.74) is 1.19. The van der Waals surface area contributed by atoms with Crippen LogP contribution in [0.15, 0.2) is 36.1 Å². The van der Waals surface area contributed by atoms with Crippen molar-refractivity contribution < 1.29 is 4.74 Å². The summed E-state index contributed by atoms with van der Waals surface area (Å²) >= 11 is 0. The lowest BCUT2D eigenvalue weighted by atomic mass is 10.2. The van der Waals surface area contributed by atoms with Gasteiger partial charge in [-0.2, -0.15) is 0 Å². The molecule has 0 saturated heterocycles. The molecular weight excluding hydrogens is 136 g/mol. The third-order valence-electron chi connectivity index (χ3n) is 1.52. The predicted octanol–water partition coefficient (Wildman–Crippen LogP) is 3.06. The van der Waals surface area contributed by atoms with Crippen molar-refractivity contribution in [3.63, 3.8) is 0 Å². The highest BCUT2D eigenvalue weighted by Gasteiger charge is 1.90. The van der Waals surface area contributed by atoms with Gasteiger partial charge < -0.3 is 4.74 Å². The van der Waals surface area contributed by atoms with Gasteiger partial charge in [0.25, 0.3) is 0 Å². The highest BCUT2D eigenvalue weighted by atomic mass is 16.5. The molecule has 0 aromatic heterocycles. The lowest BCUT2D eigenvalue weighted by molar-refractivity contribution is 0.305. The van der Waals surface area contributed by atoms with E-state index in [0.29, 0.717) is 0 Å². The van der Waals surface area contributed by atoms with Crippen molar-refractivity contribution in [3.8, 4) is 0 Å². The minimum absolute atomic E-state index is 0.891. The minimum Gasteiger partial charge on any atom is -0.497 e. The van der Waals surface area contributed by atoms with E-state index in [2.05, 4.69) is 13.5 Å². The topological polar surface area (TPSA) is 9.23 Å². The van der Waals surface area contributed by atoms with Gasteiger partial charge in [-0.3, -0.25) is 0 Å². The average molecular weight is 152 g/mol. The summed E-state index contributed by atoms with van der Waals surface area (Å²) in [5.74, 6) is 0.891. The lowest BCUT2D eigenvalue weighted by Gasteiger charge is -2.00. The first-order valence-corrected chi connectivity index (χ1v) is 3.81. The van der Waals surface area contributed by atoms with E-state index in [1.54, 1.807) is 7.11 Å². The van der Waals surface area contributed by atoms with Gasteiger partial charge in [0, 0.05) is 0 Å². The van der Waals surface area contributed by atoms with Crippen LogP contribution in [0.5, 0.6) is 0 Å². The summed E-state index contributed by atoms with van der Waals surface area (Å²) in [6.07, 6.45) is 6.76. The Morgan fingerprint density at radius 2 is 2.18 bits per heavy atom. The largest absolute Gasteiger partial charge is 0.497 e. The summed E-state index contributed by atoms with van der Waals surface area (Å²) in [5, 5.41) is 0. The number of hydrogen-bond donors (Lipinski definition) is 0. The third kappa shape index (κ3) is 3.66. The quantitative estimate of drug-likeness (QED) is 0.444. The Kier molecular flexibility index (Phi) is 5.26. The van der Waals surface area contributed by atoms with E-state index in [4.69, 9.17) is 4.74 Å². The van der Waals surface area contributed by atoms with Gasteiger partial charge in [0.15, 0.2) is 0 Å². The molecule has 0 bridgehead atoms. The van der Waals surface area contributed by atoms with Crippen LogP contribution in [0.3, 0.4) is 0 Å². The molecule has 0 amide bonds. The maximum atomic E-state index is 5.07. The standard InChI is InChI=1S/C10H16O/c1-5-9(6-2)8-10(7-3)11-4/h5,7-8H,1,6H2,2-4H3. The third-order valence-corrected chi connectivity index (χ3v) is 1.52. The summed E-state index contributed by atoms with van der Waals surface area (Å²) in [6.45, 7) is 7.75. The van der Waals surface area contributed by atoms with E-state index in [-0.39, 0.29) is 0 Å². The fraction of sp³-hybridized carbons (Fsp3) is 0.400. The van der Waals surface area contributed by atoms with Crippen molar-refractivity contribution in [2.75, 3.05) is 7.11 Å². The zero-order chi connectivity index (χ0) is 8.69. The van der Waals surface area contributed by atoms with Crippen LogP contribution in [-0.4, -0.2) is 7.11 Å². The fourth-order valence-electron chi connectivity index (χ4n) is 0.748. The highest BCUT2D eigenvalue weighted by Crippen LogP contribution is 2.07. The van der Waals surface area contributed by atoms with Gasteiger partial charge in [0.2, 0.25) is 0 Å². The average Bonchev–Trinajstić information content (AvgIpc) is 2.07. The van der Waals surface area contributed by atoms with Gasteiger partial charge in [0.1, 0.15) is 5.76 Å². The van der Waals surface area contributed by atoms with E-state index >= 15 is 0 Å². The van der Waals surface area contributed by atoms with E-state index in [0.717, 1.165) is 12.2 Å². The molecule has 0 unspecified atom stereocenters. The first-order chi connectivity index (χ1) is 5.28. The molecule has 62 valence electrons. The first-order valence-electron chi connectivity index (χ1n) is 3.81. The minimum atomic E-state index is 0.891. The monoisotopic (exact) mass is 152 g/mol. The first kappa shape index (κ1) is 10.0. The second kappa shape index (κ2) is 5.78. The number of methoxy groups -OCH3 is 1. The van der Waals surface area contributed by atoms with Crippen LogP contribution in [0.4, 0.5) is 0 Å². The Labute approximate surface area is 69.1 Å². The number of ether oxygens (including phenoxy) is 1. The molecule has 1 heteroatoms. The SMILES string of the molecule is C=CC(=CC(=CC)OC)CC. The van der Waals surface area contributed by atoms with Crippen LogP contribution in [0, 0.1) is 0 Å². The molecule has 0 radical (unpaired) electrons. The Morgan fingerprint density at radius 1 is 1.55 bits per heavy atom. The number of rotatable bonds is 4. The zero-order valence-corrected chi connectivity index (χ0v) is 7.55. The van der Waals surface area contributed by atoms with E-state index in [9.17, 15) is 0 Å². The van der Waals surface area contributed by atoms with Crippen molar-refractivity contribution in [2.24, 2.45) is 0 Å². The predicted molar refractivity (Wildman–Crippen MR) is 49.3 cm³/mol. The Bertz CT molecular complexity index is 175. The van der Waals surface area contributed by atoms with Crippen LogP contribution in [0.2, 0.25) is 0 Å². The second-order valence-corrected chi connectivity index (χ2v) is 2.17. The van der Waals surface area contributed by atoms with E-state index in [1.165, 1.54) is 5.57 Å². The summed E-state index contributed by atoms with van der Waals surface area (Å²) in [4.78, 5) is 0. The van der Waals surface area contributed by atoms with Gasteiger partial charge in [-0.15, -0.1) is 0 Å². The van der Waals surface area contributed by atoms with Gasteiger partial charge in [-0.1, -0.05) is 19.6 Å². The highest BCUT2D eigenvalue weighted by molar-refractivity contribution is 5.25. The zero-order valence-electron chi connectivity index (χ0n) is 7.55. The summed E-state index contributed by atoms with van der Waals surface area (Å²) in [7, 11) is 1.67. The van der Waals surface area contributed by atoms with Crippen LogP contribution >= 0.6 is 0 Å². The summed E-state index contributed by atoms with van der Waals surface area (Å²) < 4.78 is 5.07. The van der Waals surface area contributed by atoms with Gasteiger partial charge in [-0.25, -0.2) is 0 Å². The molecule has 0 aromatic carbocycles. The Hall–Kier alpha value is -0.980. The van der Waals surface area contributed by atoms with Crippen molar-refractivity contribution in [3.05, 3.63) is 36.1 Å². The van der Waals surface area contributed by atoms with Gasteiger partial charge >= 0.3 is 0 Å².